The molecule has 0 aliphatic heterocycles. The molecule has 5 heteroatoms. The highest BCUT2D eigenvalue weighted by molar-refractivity contribution is 5.94. The van der Waals surface area contributed by atoms with E-state index in [1.807, 2.05) is 36.4 Å². The van der Waals surface area contributed by atoms with Gasteiger partial charge in [0.05, 0.1) is 0 Å². The molecule has 5 nitrogen and oxygen atoms in total. The zero-order chi connectivity index (χ0) is 16.8. The first-order chi connectivity index (χ1) is 11.7. The van der Waals surface area contributed by atoms with Gasteiger partial charge in [0.2, 0.25) is 5.95 Å². The molecule has 0 bridgehead atoms. The number of ketones is 1. The van der Waals surface area contributed by atoms with Gasteiger partial charge in [0, 0.05) is 24.0 Å². The van der Waals surface area contributed by atoms with Crippen LogP contribution in [0.25, 0.3) is 0 Å². The molecular formula is C19H18N4O. The first-order valence-electron chi connectivity index (χ1n) is 7.69. The van der Waals surface area contributed by atoms with Gasteiger partial charge in [0.15, 0.2) is 5.78 Å². The lowest BCUT2D eigenvalue weighted by Crippen LogP contribution is -2.04. The van der Waals surface area contributed by atoms with Gasteiger partial charge in [-0.25, -0.2) is 4.98 Å². The van der Waals surface area contributed by atoms with Crippen LogP contribution < -0.4 is 10.6 Å². The molecule has 0 aliphatic carbocycles. The summed E-state index contributed by atoms with van der Waals surface area (Å²) in [6.07, 6.45) is 1.70. The van der Waals surface area contributed by atoms with Gasteiger partial charge in [-0.3, -0.25) is 4.79 Å². The molecular weight excluding hydrogens is 300 g/mol. The van der Waals surface area contributed by atoms with E-state index in [1.54, 1.807) is 25.3 Å². The number of nitrogens with one attached hydrogen (secondary N) is 2. The van der Waals surface area contributed by atoms with Crippen molar-refractivity contribution < 1.29 is 4.79 Å². The summed E-state index contributed by atoms with van der Waals surface area (Å²) in [4.78, 5) is 20.0. The summed E-state index contributed by atoms with van der Waals surface area (Å²) in [5.41, 5.74) is 2.70. The van der Waals surface area contributed by atoms with Crippen molar-refractivity contribution in [3.8, 4) is 0 Å². The second-order valence-corrected chi connectivity index (χ2v) is 5.36. The molecule has 0 radical (unpaired) electrons. The summed E-state index contributed by atoms with van der Waals surface area (Å²) >= 11 is 0. The van der Waals surface area contributed by atoms with Crippen LogP contribution in [0, 0.1) is 0 Å². The van der Waals surface area contributed by atoms with E-state index in [0.29, 0.717) is 18.1 Å². The molecule has 0 atom stereocenters. The fraction of sp³-hybridized carbons (Fsp3) is 0.105. The number of hydrogen-bond donors (Lipinski definition) is 2. The minimum atomic E-state index is 0.0462. The first-order valence-corrected chi connectivity index (χ1v) is 7.69. The monoisotopic (exact) mass is 318 g/mol. The minimum Gasteiger partial charge on any atom is -0.366 e. The zero-order valence-electron chi connectivity index (χ0n) is 13.4. The molecule has 2 N–H and O–H groups in total. The molecule has 24 heavy (non-hydrogen) atoms. The standard InChI is InChI=1S/C19H18N4O/c1-14(24)16-7-9-17(10-8-16)22-19-20-12-11-18(23-19)21-13-15-5-3-2-4-6-15/h2-12H,13H2,1H3,(H2,20,21,22,23). The molecule has 2 aromatic carbocycles. The molecule has 0 aliphatic rings. The Labute approximate surface area is 140 Å². The topological polar surface area (TPSA) is 66.9 Å². The van der Waals surface area contributed by atoms with Crippen molar-refractivity contribution in [2.75, 3.05) is 10.6 Å². The molecule has 0 amide bonds. The van der Waals surface area contributed by atoms with Crippen molar-refractivity contribution in [2.45, 2.75) is 13.5 Å². The average molecular weight is 318 g/mol. The summed E-state index contributed by atoms with van der Waals surface area (Å²) in [6, 6.07) is 19.2. The van der Waals surface area contributed by atoms with Crippen molar-refractivity contribution in [1.29, 1.82) is 0 Å². The largest absolute Gasteiger partial charge is 0.366 e. The number of benzene rings is 2. The van der Waals surface area contributed by atoms with Gasteiger partial charge in [0.25, 0.3) is 0 Å². The SMILES string of the molecule is CC(=O)c1ccc(Nc2nccc(NCc3ccccc3)n2)cc1. The maximum Gasteiger partial charge on any atom is 0.229 e. The van der Waals surface area contributed by atoms with Gasteiger partial charge in [-0.15, -0.1) is 0 Å². The Morgan fingerprint density at radius 3 is 2.46 bits per heavy atom. The van der Waals surface area contributed by atoms with E-state index < -0.39 is 0 Å². The van der Waals surface area contributed by atoms with Crippen molar-refractivity contribution in [3.63, 3.8) is 0 Å². The van der Waals surface area contributed by atoms with Crippen LogP contribution in [0.5, 0.6) is 0 Å². The first kappa shape index (κ1) is 15.7. The van der Waals surface area contributed by atoms with Crippen LogP contribution >= 0.6 is 0 Å². The van der Waals surface area contributed by atoms with E-state index in [-0.39, 0.29) is 5.78 Å². The number of aromatic nitrogens is 2. The number of Topliss-reactive ketones (excluding diaryl/α,β-unsaturated/α-hetero) is 1. The molecule has 1 aromatic heterocycles. The molecule has 120 valence electrons. The highest BCUT2D eigenvalue weighted by atomic mass is 16.1. The molecule has 0 spiro atoms. The number of carbonyl (C=O) groups excluding carboxylic acids is 1. The second kappa shape index (κ2) is 7.37. The number of rotatable bonds is 6. The Morgan fingerprint density at radius 2 is 1.75 bits per heavy atom. The van der Waals surface area contributed by atoms with E-state index in [1.165, 1.54) is 5.56 Å². The maximum atomic E-state index is 11.3. The second-order valence-electron chi connectivity index (χ2n) is 5.36. The fourth-order valence-corrected chi connectivity index (χ4v) is 2.22. The lowest BCUT2D eigenvalue weighted by atomic mass is 10.1. The summed E-state index contributed by atoms with van der Waals surface area (Å²) in [6.45, 7) is 2.25. The van der Waals surface area contributed by atoms with Gasteiger partial charge in [0.1, 0.15) is 5.82 Å². The van der Waals surface area contributed by atoms with Crippen molar-refractivity contribution in [3.05, 3.63) is 78.0 Å². The van der Waals surface area contributed by atoms with Gasteiger partial charge >= 0.3 is 0 Å². The Hall–Kier alpha value is -3.21. The van der Waals surface area contributed by atoms with Gasteiger partial charge in [-0.05, 0) is 42.8 Å². The predicted octanol–water partition coefficient (Wildman–Crippen LogP) is 4.03. The third-order valence-corrected chi connectivity index (χ3v) is 3.52. The van der Waals surface area contributed by atoms with E-state index >= 15 is 0 Å². The predicted molar refractivity (Wildman–Crippen MR) is 95.5 cm³/mol. The van der Waals surface area contributed by atoms with Crippen LogP contribution in [0.3, 0.4) is 0 Å². The molecule has 0 saturated carbocycles. The Morgan fingerprint density at radius 1 is 1.00 bits per heavy atom. The summed E-state index contributed by atoms with van der Waals surface area (Å²) in [5.74, 6) is 1.30. The Balaban J connectivity index is 1.65. The third-order valence-electron chi connectivity index (χ3n) is 3.52. The van der Waals surface area contributed by atoms with Gasteiger partial charge in [-0.2, -0.15) is 4.98 Å². The summed E-state index contributed by atoms with van der Waals surface area (Å²) in [5, 5.41) is 6.41. The minimum absolute atomic E-state index is 0.0462. The van der Waals surface area contributed by atoms with Crippen LogP contribution in [0.2, 0.25) is 0 Å². The molecule has 1 heterocycles. The lowest BCUT2D eigenvalue weighted by Gasteiger charge is -2.09. The van der Waals surface area contributed by atoms with E-state index in [2.05, 4.69) is 32.7 Å². The summed E-state index contributed by atoms with van der Waals surface area (Å²) in [7, 11) is 0. The normalized spacial score (nSPS) is 10.2. The van der Waals surface area contributed by atoms with E-state index in [9.17, 15) is 4.79 Å². The summed E-state index contributed by atoms with van der Waals surface area (Å²) < 4.78 is 0. The van der Waals surface area contributed by atoms with Crippen molar-refractivity contribution >= 4 is 23.2 Å². The molecule has 3 aromatic rings. The van der Waals surface area contributed by atoms with Crippen LogP contribution in [0.4, 0.5) is 17.5 Å². The fourth-order valence-electron chi connectivity index (χ4n) is 2.22. The number of hydrogen-bond acceptors (Lipinski definition) is 5. The van der Waals surface area contributed by atoms with Crippen LogP contribution in [-0.2, 0) is 6.54 Å². The third kappa shape index (κ3) is 4.16. The van der Waals surface area contributed by atoms with Crippen molar-refractivity contribution in [2.24, 2.45) is 0 Å². The van der Waals surface area contributed by atoms with Crippen LogP contribution in [0.15, 0.2) is 66.9 Å². The molecule has 0 fully saturated rings. The van der Waals surface area contributed by atoms with Gasteiger partial charge in [-0.1, -0.05) is 30.3 Å². The average Bonchev–Trinajstić information content (AvgIpc) is 2.62. The van der Waals surface area contributed by atoms with Crippen molar-refractivity contribution in [1.82, 2.24) is 9.97 Å². The Kier molecular flexibility index (Phi) is 4.81. The zero-order valence-corrected chi connectivity index (χ0v) is 13.4. The van der Waals surface area contributed by atoms with Crippen LogP contribution in [0.1, 0.15) is 22.8 Å². The number of nitrogens with zero attached hydrogens (tertiary/aromatic N) is 2. The maximum absolute atomic E-state index is 11.3. The highest BCUT2D eigenvalue weighted by Gasteiger charge is 2.02. The molecule has 0 saturated heterocycles. The van der Waals surface area contributed by atoms with E-state index in [0.717, 1.165) is 11.5 Å². The smallest absolute Gasteiger partial charge is 0.229 e. The lowest BCUT2D eigenvalue weighted by molar-refractivity contribution is 0.101. The number of anilines is 3. The van der Waals surface area contributed by atoms with E-state index in [4.69, 9.17) is 0 Å². The molecule has 0 unspecified atom stereocenters. The van der Waals surface area contributed by atoms with Crippen LogP contribution in [-0.4, -0.2) is 15.8 Å². The molecule has 3 rings (SSSR count). The Bertz CT molecular complexity index is 816. The quantitative estimate of drug-likeness (QED) is 0.672. The number of carbonyl (C=O) groups is 1. The van der Waals surface area contributed by atoms with Gasteiger partial charge < -0.3 is 10.6 Å². The highest BCUT2D eigenvalue weighted by Crippen LogP contribution is 2.15.